The number of aliphatic hydroxyl groups excluding tert-OH is 1. The average molecular weight is 441 g/mol. The second-order valence-electron chi connectivity index (χ2n) is 7.39. The number of carboxylic acid groups (broad SMARTS) is 1. The molecular formula is C20H28N2O5S2. The van der Waals surface area contributed by atoms with E-state index >= 15 is 0 Å². The molecule has 1 saturated heterocycles. The third kappa shape index (κ3) is 6.80. The molecule has 2 fully saturated rings. The van der Waals surface area contributed by atoms with Crippen LogP contribution in [0, 0.1) is 0 Å². The van der Waals surface area contributed by atoms with Crippen LogP contribution in [0.4, 0.5) is 0 Å². The summed E-state index contributed by atoms with van der Waals surface area (Å²) in [6.45, 7) is 0.864. The molecule has 1 aromatic rings. The lowest BCUT2D eigenvalue weighted by atomic mass is 9.98. The molecule has 0 spiro atoms. The molecule has 1 aliphatic carbocycles. The molecule has 160 valence electrons. The predicted octanol–water partition coefficient (Wildman–Crippen LogP) is 3.19. The first-order valence-electron chi connectivity index (χ1n) is 10.1. The van der Waals surface area contributed by atoms with Gasteiger partial charge in [0, 0.05) is 24.1 Å². The molecule has 9 heteroatoms. The molecule has 3 rings (SSSR count). The van der Waals surface area contributed by atoms with E-state index < -0.39 is 12.1 Å². The van der Waals surface area contributed by atoms with Gasteiger partial charge in [-0.3, -0.25) is 4.79 Å². The SMILES string of the molecule is O=C(O)c1csc(SCCN2C(=O)CC[C@@H]2/C=C/[C@@H](O)COC2CCCCC2)n1. The zero-order valence-electron chi connectivity index (χ0n) is 16.4. The smallest absolute Gasteiger partial charge is 0.355 e. The van der Waals surface area contributed by atoms with Crippen molar-refractivity contribution in [3.63, 3.8) is 0 Å². The van der Waals surface area contributed by atoms with Gasteiger partial charge in [0.15, 0.2) is 10.0 Å². The second-order valence-corrected chi connectivity index (χ2v) is 9.59. The van der Waals surface area contributed by atoms with Gasteiger partial charge in [-0.25, -0.2) is 9.78 Å². The van der Waals surface area contributed by atoms with Crippen molar-refractivity contribution in [1.82, 2.24) is 9.88 Å². The molecule has 29 heavy (non-hydrogen) atoms. The van der Waals surface area contributed by atoms with Crippen LogP contribution in [0.25, 0.3) is 0 Å². The first-order valence-corrected chi connectivity index (χ1v) is 12.0. The molecule has 1 amide bonds. The number of rotatable bonds is 10. The number of nitrogens with zero attached hydrogens (tertiary/aromatic N) is 2. The number of thioether (sulfide) groups is 1. The third-order valence-electron chi connectivity index (χ3n) is 5.24. The molecule has 0 aromatic carbocycles. The minimum absolute atomic E-state index is 0.0155. The number of thiazole rings is 1. The van der Waals surface area contributed by atoms with Crippen molar-refractivity contribution >= 4 is 35.0 Å². The normalized spacial score (nSPS) is 21.9. The molecule has 0 radical (unpaired) electrons. The molecule has 1 aliphatic heterocycles. The van der Waals surface area contributed by atoms with Crippen molar-refractivity contribution in [2.75, 3.05) is 18.9 Å². The van der Waals surface area contributed by atoms with Crippen LogP contribution in [0.3, 0.4) is 0 Å². The Morgan fingerprint density at radius 2 is 2.17 bits per heavy atom. The number of ether oxygens (including phenoxy) is 1. The number of aromatic nitrogens is 1. The highest BCUT2D eigenvalue weighted by Crippen LogP contribution is 2.25. The molecule has 0 bridgehead atoms. The minimum Gasteiger partial charge on any atom is -0.476 e. The summed E-state index contributed by atoms with van der Waals surface area (Å²) in [6.07, 6.45) is 10.3. The lowest BCUT2D eigenvalue weighted by Crippen LogP contribution is -2.34. The van der Waals surface area contributed by atoms with Gasteiger partial charge in [0.2, 0.25) is 5.91 Å². The van der Waals surface area contributed by atoms with Gasteiger partial charge in [-0.05, 0) is 19.3 Å². The Hall–Kier alpha value is -1.42. The molecule has 2 N–H and O–H groups in total. The molecule has 2 aliphatic rings. The molecule has 2 atom stereocenters. The van der Waals surface area contributed by atoms with Crippen LogP contribution in [0.15, 0.2) is 21.9 Å². The number of aromatic carboxylic acids is 1. The van der Waals surface area contributed by atoms with E-state index in [1.54, 1.807) is 6.08 Å². The van der Waals surface area contributed by atoms with E-state index in [9.17, 15) is 14.7 Å². The molecule has 1 aromatic heterocycles. The average Bonchev–Trinajstić information content (AvgIpc) is 3.33. The summed E-state index contributed by atoms with van der Waals surface area (Å²) in [5, 5.41) is 20.6. The van der Waals surface area contributed by atoms with Gasteiger partial charge in [-0.1, -0.05) is 43.2 Å². The fourth-order valence-electron chi connectivity index (χ4n) is 3.68. The quantitative estimate of drug-likeness (QED) is 0.426. The van der Waals surface area contributed by atoms with Gasteiger partial charge in [0.25, 0.3) is 0 Å². The van der Waals surface area contributed by atoms with Crippen LogP contribution in [-0.4, -0.2) is 69.1 Å². The summed E-state index contributed by atoms with van der Waals surface area (Å²) in [4.78, 5) is 29.0. The van der Waals surface area contributed by atoms with Crippen molar-refractivity contribution in [2.24, 2.45) is 0 Å². The number of hydrogen-bond donors (Lipinski definition) is 2. The Morgan fingerprint density at radius 3 is 2.90 bits per heavy atom. The Bertz CT molecular complexity index is 717. The van der Waals surface area contributed by atoms with E-state index in [0.29, 0.717) is 29.7 Å². The molecule has 2 heterocycles. The lowest BCUT2D eigenvalue weighted by molar-refractivity contribution is -0.128. The standard InChI is InChI=1S/C20H28N2O5S2/c23-15(12-27-16-4-2-1-3-5-16)8-6-14-7-9-18(24)22(14)10-11-28-20-21-17(13-29-20)19(25)26/h6,8,13-16,23H,1-5,7,9-12H2,(H,25,26)/b8-6+/t14-,15+/m0/s1. The Morgan fingerprint density at radius 1 is 1.38 bits per heavy atom. The van der Waals surface area contributed by atoms with Gasteiger partial charge < -0.3 is 19.8 Å². The molecule has 7 nitrogen and oxygen atoms in total. The van der Waals surface area contributed by atoms with Crippen LogP contribution in [0.2, 0.25) is 0 Å². The number of amides is 1. The number of carboxylic acids is 1. The third-order valence-corrected chi connectivity index (χ3v) is 7.25. The highest BCUT2D eigenvalue weighted by Gasteiger charge is 2.29. The Labute approximate surface area is 179 Å². The Kier molecular flexibility index (Phi) is 8.53. The van der Waals surface area contributed by atoms with Crippen LogP contribution >= 0.6 is 23.1 Å². The van der Waals surface area contributed by atoms with Gasteiger partial charge >= 0.3 is 5.97 Å². The predicted molar refractivity (Wildman–Crippen MR) is 113 cm³/mol. The number of aliphatic hydroxyl groups is 1. The second kappa shape index (κ2) is 11.1. The maximum absolute atomic E-state index is 12.2. The van der Waals surface area contributed by atoms with Gasteiger partial charge in [-0.2, -0.15) is 0 Å². The maximum Gasteiger partial charge on any atom is 0.355 e. The number of hydrogen-bond acceptors (Lipinski definition) is 7. The minimum atomic E-state index is -1.03. The van der Waals surface area contributed by atoms with Gasteiger partial charge in [0.05, 0.1) is 24.9 Å². The lowest BCUT2D eigenvalue weighted by Gasteiger charge is -2.24. The van der Waals surface area contributed by atoms with Crippen LogP contribution < -0.4 is 0 Å². The summed E-state index contributed by atoms with van der Waals surface area (Å²) >= 11 is 2.75. The van der Waals surface area contributed by atoms with Crippen molar-refractivity contribution in [3.05, 3.63) is 23.2 Å². The zero-order valence-corrected chi connectivity index (χ0v) is 18.0. The summed E-state index contributed by atoms with van der Waals surface area (Å²) in [5.41, 5.74) is 0.0555. The van der Waals surface area contributed by atoms with E-state index in [1.165, 1.54) is 47.7 Å². The van der Waals surface area contributed by atoms with E-state index in [1.807, 2.05) is 11.0 Å². The van der Waals surface area contributed by atoms with E-state index in [4.69, 9.17) is 9.84 Å². The summed E-state index contributed by atoms with van der Waals surface area (Å²) < 4.78 is 6.50. The van der Waals surface area contributed by atoms with Crippen molar-refractivity contribution in [1.29, 1.82) is 0 Å². The monoisotopic (exact) mass is 440 g/mol. The zero-order chi connectivity index (χ0) is 20.6. The fourth-order valence-corrected chi connectivity index (χ4v) is 5.49. The fraction of sp³-hybridized carbons (Fsp3) is 0.650. The van der Waals surface area contributed by atoms with Crippen LogP contribution in [-0.2, 0) is 9.53 Å². The summed E-state index contributed by atoms with van der Waals surface area (Å²) in [6, 6.07) is -0.0155. The largest absolute Gasteiger partial charge is 0.476 e. The Balaban J connectivity index is 1.42. The van der Waals surface area contributed by atoms with Crippen molar-refractivity contribution < 1.29 is 24.5 Å². The van der Waals surface area contributed by atoms with E-state index in [-0.39, 0.29) is 23.7 Å². The maximum atomic E-state index is 12.2. The van der Waals surface area contributed by atoms with Gasteiger partial charge in [0.1, 0.15) is 0 Å². The highest BCUT2D eigenvalue weighted by molar-refractivity contribution is 8.01. The molecular weight excluding hydrogens is 412 g/mol. The van der Waals surface area contributed by atoms with Crippen molar-refractivity contribution in [3.8, 4) is 0 Å². The molecule has 1 saturated carbocycles. The number of likely N-dealkylation sites (tertiary alicyclic amines) is 1. The number of carbonyl (C=O) groups excluding carboxylic acids is 1. The topological polar surface area (TPSA) is 100.0 Å². The first kappa shape index (κ1) is 22.3. The molecule has 0 unspecified atom stereocenters. The van der Waals surface area contributed by atoms with E-state index in [2.05, 4.69) is 4.98 Å². The van der Waals surface area contributed by atoms with Crippen LogP contribution in [0.5, 0.6) is 0 Å². The summed E-state index contributed by atoms with van der Waals surface area (Å²) in [5.74, 6) is -0.270. The van der Waals surface area contributed by atoms with Crippen LogP contribution in [0.1, 0.15) is 55.4 Å². The summed E-state index contributed by atoms with van der Waals surface area (Å²) in [7, 11) is 0. The van der Waals surface area contributed by atoms with E-state index in [0.717, 1.165) is 19.3 Å². The highest BCUT2D eigenvalue weighted by atomic mass is 32.2. The number of carbonyl (C=O) groups is 2. The van der Waals surface area contributed by atoms with Gasteiger partial charge in [-0.15, -0.1) is 11.3 Å². The first-order chi connectivity index (χ1) is 14.0. The van der Waals surface area contributed by atoms with Crippen molar-refractivity contribution in [2.45, 2.75) is 67.5 Å².